The maximum Gasteiger partial charge on any atom is 0.328 e. The Bertz CT molecular complexity index is 594. The Morgan fingerprint density at radius 2 is 2.10 bits per heavy atom. The van der Waals surface area contributed by atoms with Gasteiger partial charge in [-0.2, -0.15) is 5.26 Å². The van der Waals surface area contributed by atoms with Gasteiger partial charge in [0.1, 0.15) is 6.07 Å². The lowest BCUT2D eigenvalue weighted by Crippen LogP contribution is -2.45. The summed E-state index contributed by atoms with van der Waals surface area (Å²) in [5.74, 6) is -1.01. The van der Waals surface area contributed by atoms with E-state index in [9.17, 15) is 10.1 Å². The van der Waals surface area contributed by atoms with E-state index in [0.717, 1.165) is 24.9 Å². The van der Waals surface area contributed by atoms with E-state index in [2.05, 4.69) is 11.0 Å². The van der Waals surface area contributed by atoms with Crippen molar-refractivity contribution in [2.45, 2.75) is 26.1 Å². The van der Waals surface area contributed by atoms with Gasteiger partial charge >= 0.3 is 5.97 Å². The van der Waals surface area contributed by atoms with Gasteiger partial charge in [0.05, 0.1) is 23.5 Å². The van der Waals surface area contributed by atoms with Gasteiger partial charge in [-0.05, 0) is 37.6 Å². The van der Waals surface area contributed by atoms with Crippen LogP contribution in [0.3, 0.4) is 0 Å². The molecule has 0 amide bonds. The highest BCUT2D eigenvalue weighted by Crippen LogP contribution is 2.25. The van der Waals surface area contributed by atoms with Crippen LogP contribution in [0.15, 0.2) is 24.3 Å². The number of morpholine rings is 1. The lowest BCUT2D eigenvalue weighted by molar-refractivity contribution is -0.131. The SMILES string of the molecule is C[C@@H]1CN(c2ccc(/C=C/C(=O)O)cc2C#N)C[C@H](C)O1. The van der Waals surface area contributed by atoms with Gasteiger partial charge in [-0.15, -0.1) is 0 Å². The molecule has 1 aromatic rings. The molecule has 1 aliphatic rings. The van der Waals surface area contributed by atoms with E-state index in [1.54, 1.807) is 6.07 Å². The number of anilines is 1. The molecule has 0 aromatic heterocycles. The zero-order valence-corrected chi connectivity index (χ0v) is 12.1. The van der Waals surface area contributed by atoms with Gasteiger partial charge in [0, 0.05) is 19.2 Å². The van der Waals surface area contributed by atoms with Crippen molar-refractivity contribution in [3.63, 3.8) is 0 Å². The van der Waals surface area contributed by atoms with Crippen LogP contribution in [0, 0.1) is 11.3 Å². The number of carboxylic acid groups (broad SMARTS) is 1. The summed E-state index contributed by atoms with van der Waals surface area (Å²) in [6.45, 7) is 5.50. The van der Waals surface area contributed by atoms with E-state index < -0.39 is 5.97 Å². The van der Waals surface area contributed by atoms with Crippen LogP contribution in [-0.4, -0.2) is 36.4 Å². The first kappa shape index (κ1) is 15.1. The predicted octanol–water partition coefficient (Wildman–Crippen LogP) is 2.27. The van der Waals surface area contributed by atoms with Gasteiger partial charge in [0.15, 0.2) is 0 Å². The second-order valence-electron chi connectivity index (χ2n) is 5.22. The normalized spacial score (nSPS) is 22.2. The van der Waals surface area contributed by atoms with Crippen LogP contribution in [0.4, 0.5) is 5.69 Å². The van der Waals surface area contributed by atoms with Crippen molar-refractivity contribution in [3.8, 4) is 6.07 Å². The Hall–Kier alpha value is -2.32. The molecular formula is C16H18N2O3. The maximum atomic E-state index is 10.5. The molecule has 1 fully saturated rings. The van der Waals surface area contributed by atoms with Gasteiger partial charge in [0.2, 0.25) is 0 Å². The molecule has 0 radical (unpaired) electrons. The topological polar surface area (TPSA) is 73.6 Å². The summed E-state index contributed by atoms with van der Waals surface area (Å²) in [5.41, 5.74) is 2.11. The number of rotatable bonds is 3. The van der Waals surface area contributed by atoms with Crippen molar-refractivity contribution in [1.29, 1.82) is 5.26 Å². The average molecular weight is 286 g/mol. The molecule has 0 unspecified atom stereocenters. The first-order valence-electron chi connectivity index (χ1n) is 6.85. The molecule has 2 atom stereocenters. The minimum absolute atomic E-state index is 0.117. The summed E-state index contributed by atoms with van der Waals surface area (Å²) >= 11 is 0. The summed E-state index contributed by atoms with van der Waals surface area (Å²) in [4.78, 5) is 12.7. The van der Waals surface area contributed by atoms with Gasteiger partial charge in [-0.3, -0.25) is 0 Å². The first-order chi connectivity index (χ1) is 9.99. The summed E-state index contributed by atoms with van der Waals surface area (Å²) in [6.07, 6.45) is 2.78. The second kappa shape index (κ2) is 6.42. The molecule has 1 heterocycles. The average Bonchev–Trinajstić information content (AvgIpc) is 2.43. The second-order valence-corrected chi connectivity index (χ2v) is 5.22. The molecule has 0 spiro atoms. The lowest BCUT2D eigenvalue weighted by atomic mass is 10.1. The highest BCUT2D eigenvalue weighted by Gasteiger charge is 2.23. The van der Waals surface area contributed by atoms with Crippen molar-refractivity contribution in [3.05, 3.63) is 35.4 Å². The molecule has 1 saturated heterocycles. The highest BCUT2D eigenvalue weighted by molar-refractivity contribution is 5.85. The largest absolute Gasteiger partial charge is 0.478 e. The zero-order chi connectivity index (χ0) is 15.4. The van der Waals surface area contributed by atoms with Gasteiger partial charge in [-0.25, -0.2) is 4.79 Å². The maximum absolute atomic E-state index is 10.5. The van der Waals surface area contributed by atoms with E-state index in [-0.39, 0.29) is 12.2 Å². The molecule has 1 aliphatic heterocycles. The molecule has 110 valence electrons. The highest BCUT2D eigenvalue weighted by atomic mass is 16.5. The molecule has 1 N–H and O–H groups in total. The van der Waals surface area contributed by atoms with Gasteiger partial charge < -0.3 is 14.7 Å². The number of nitriles is 1. The summed E-state index contributed by atoms with van der Waals surface area (Å²) in [6, 6.07) is 7.58. The van der Waals surface area contributed by atoms with Crippen LogP contribution in [0.2, 0.25) is 0 Å². The Balaban J connectivity index is 2.28. The quantitative estimate of drug-likeness (QED) is 0.863. The fraction of sp³-hybridized carbons (Fsp3) is 0.375. The Labute approximate surface area is 124 Å². The van der Waals surface area contributed by atoms with E-state index in [1.807, 2.05) is 26.0 Å². The summed E-state index contributed by atoms with van der Waals surface area (Å²) < 4.78 is 5.70. The van der Waals surface area contributed by atoms with Crippen LogP contribution in [0.5, 0.6) is 0 Å². The fourth-order valence-corrected chi connectivity index (χ4v) is 2.56. The number of hydrogen-bond acceptors (Lipinski definition) is 4. The smallest absolute Gasteiger partial charge is 0.328 e. The van der Waals surface area contributed by atoms with E-state index in [4.69, 9.17) is 9.84 Å². The van der Waals surface area contributed by atoms with Gasteiger partial charge in [0.25, 0.3) is 0 Å². The third kappa shape index (κ3) is 3.83. The molecule has 0 bridgehead atoms. The molecular weight excluding hydrogens is 268 g/mol. The Morgan fingerprint density at radius 3 is 2.67 bits per heavy atom. The van der Waals surface area contributed by atoms with Crippen LogP contribution >= 0.6 is 0 Å². The van der Waals surface area contributed by atoms with Crippen LogP contribution in [-0.2, 0) is 9.53 Å². The van der Waals surface area contributed by atoms with Crippen molar-refractivity contribution < 1.29 is 14.6 Å². The Morgan fingerprint density at radius 1 is 1.43 bits per heavy atom. The number of nitrogens with zero attached hydrogens (tertiary/aromatic N) is 2. The van der Waals surface area contributed by atoms with E-state index in [1.165, 1.54) is 6.08 Å². The van der Waals surface area contributed by atoms with Gasteiger partial charge in [-0.1, -0.05) is 6.07 Å². The van der Waals surface area contributed by atoms with Crippen molar-refractivity contribution in [2.75, 3.05) is 18.0 Å². The number of carboxylic acids is 1. The monoisotopic (exact) mass is 286 g/mol. The fourth-order valence-electron chi connectivity index (χ4n) is 2.56. The minimum atomic E-state index is -1.01. The van der Waals surface area contributed by atoms with E-state index >= 15 is 0 Å². The molecule has 2 rings (SSSR count). The summed E-state index contributed by atoms with van der Waals surface area (Å²) in [5, 5.41) is 18.0. The standard InChI is InChI=1S/C16H18N2O3/c1-11-9-18(10-12(2)21-11)15-5-3-13(4-6-16(19)20)7-14(15)8-17/h3-7,11-12H,9-10H2,1-2H3,(H,19,20)/b6-4+/t11-,12+. The number of benzene rings is 1. The van der Waals surface area contributed by atoms with Crippen molar-refractivity contribution in [1.82, 2.24) is 0 Å². The minimum Gasteiger partial charge on any atom is -0.478 e. The predicted molar refractivity (Wildman–Crippen MR) is 80.0 cm³/mol. The summed E-state index contributed by atoms with van der Waals surface area (Å²) in [7, 11) is 0. The van der Waals surface area contributed by atoms with Crippen LogP contribution in [0.25, 0.3) is 6.08 Å². The molecule has 5 heteroatoms. The van der Waals surface area contributed by atoms with Crippen molar-refractivity contribution in [2.24, 2.45) is 0 Å². The number of aliphatic carboxylic acids is 1. The number of ether oxygens (including phenoxy) is 1. The number of hydrogen-bond donors (Lipinski definition) is 1. The van der Waals surface area contributed by atoms with E-state index in [0.29, 0.717) is 11.1 Å². The molecule has 0 saturated carbocycles. The number of carbonyl (C=O) groups is 1. The first-order valence-corrected chi connectivity index (χ1v) is 6.85. The van der Waals surface area contributed by atoms with Crippen molar-refractivity contribution >= 4 is 17.7 Å². The molecule has 21 heavy (non-hydrogen) atoms. The molecule has 1 aromatic carbocycles. The zero-order valence-electron chi connectivity index (χ0n) is 12.1. The molecule has 0 aliphatic carbocycles. The Kier molecular flexibility index (Phi) is 4.61. The third-order valence-corrected chi connectivity index (χ3v) is 3.32. The lowest BCUT2D eigenvalue weighted by Gasteiger charge is -2.37. The van der Waals surface area contributed by atoms with Crippen LogP contribution < -0.4 is 4.90 Å². The third-order valence-electron chi connectivity index (χ3n) is 3.32. The van der Waals surface area contributed by atoms with Crippen LogP contribution in [0.1, 0.15) is 25.0 Å². The molecule has 5 nitrogen and oxygen atoms in total.